The third-order valence-corrected chi connectivity index (χ3v) is 4.65. The predicted octanol–water partition coefficient (Wildman–Crippen LogP) is 1.65. The molecule has 1 aromatic rings. The van der Waals surface area contributed by atoms with E-state index >= 15 is 0 Å². The number of allylic oxidation sites excluding steroid dienone is 2. The van der Waals surface area contributed by atoms with Gasteiger partial charge in [0, 0.05) is 6.54 Å². The first-order valence-electron chi connectivity index (χ1n) is 8.67. The van der Waals surface area contributed by atoms with Gasteiger partial charge in [0.15, 0.2) is 6.61 Å². The summed E-state index contributed by atoms with van der Waals surface area (Å²) < 4.78 is 18.3. The second-order valence-electron chi connectivity index (χ2n) is 6.42. The minimum Gasteiger partial charge on any atom is -0.456 e. The van der Waals surface area contributed by atoms with E-state index in [4.69, 9.17) is 4.74 Å². The van der Waals surface area contributed by atoms with Crippen LogP contribution in [0.5, 0.6) is 0 Å². The van der Waals surface area contributed by atoms with E-state index < -0.39 is 24.3 Å². The third-order valence-electron chi connectivity index (χ3n) is 4.65. The molecule has 1 saturated heterocycles. The number of ether oxygens (including phenoxy) is 1. The number of carbonyl (C=O) groups is 4. The monoisotopic (exact) mass is 374 g/mol. The topological polar surface area (TPSA) is 92.8 Å². The lowest BCUT2D eigenvalue weighted by molar-refractivity contribution is -0.148. The molecule has 1 aliphatic carbocycles. The molecule has 1 aromatic carbocycles. The average Bonchev–Trinajstić information content (AvgIpc) is 2.91. The maximum Gasteiger partial charge on any atom is 0.308 e. The van der Waals surface area contributed by atoms with E-state index in [0.717, 1.165) is 4.90 Å². The first kappa shape index (κ1) is 18.8. The van der Waals surface area contributed by atoms with Gasteiger partial charge in [-0.2, -0.15) is 0 Å². The minimum absolute atomic E-state index is 0.0111. The largest absolute Gasteiger partial charge is 0.456 e. The number of nitrogens with one attached hydrogen (secondary N) is 1. The van der Waals surface area contributed by atoms with Gasteiger partial charge in [0.05, 0.1) is 23.9 Å². The average molecular weight is 374 g/mol. The van der Waals surface area contributed by atoms with Gasteiger partial charge in [0.1, 0.15) is 5.82 Å². The SMILES string of the molecule is O=C(COC(=O)CCN1C(=O)[C@H]2CC=CC[C@H]2C1=O)Nc1ccccc1F. The smallest absolute Gasteiger partial charge is 0.308 e. The highest BCUT2D eigenvalue weighted by atomic mass is 19.1. The number of halogens is 1. The molecular formula is C19H19FN2O5. The zero-order chi connectivity index (χ0) is 19.4. The quantitative estimate of drug-likeness (QED) is 0.464. The molecule has 1 aliphatic heterocycles. The van der Waals surface area contributed by atoms with Crippen LogP contribution in [-0.2, 0) is 23.9 Å². The second-order valence-corrected chi connectivity index (χ2v) is 6.42. The normalized spacial score (nSPS) is 21.1. The first-order valence-corrected chi connectivity index (χ1v) is 8.67. The standard InChI is InChI=1S/C19H19FN2O5/c20-14-7-3-4-8-15(14)21-16(23)11-27-17(24)9-10-22-18(25)12-5-1-2-6-13(12)19(22)26/h1-4,7-8,12-13H,5-6,9-11H2,(H,21,23)/t12-,13+. The van der Waals surface area contributed by atoms with Crippen molar-refractivity contribution in [2.75, 3.05) is 18.5 Å². The second kappa shape index (κ2) is 8.11. The number of anilines is 1. The Morgan fingerprint density at radius 2 is 1.74 bits per heavy atom. The highest BCUT2D eigenvalue weighted by Crippen LogP contribution is 2.34. The molecule has 3 rings (SSSR count). The summed E-state index contributed by atoms with van der Waals surface area (Å²) in [7, 11) is 0. The van der Waals surface area contributed by atoms with Crippen molar-refractivity contribution in [2.45, 2.75) is 19.3 Å². The van der Waals surface area contributed by atoms with Gasteiger partial charge in [0.25, 0.3) is 5.91 Å². The van der Waals surface area contributed by atoms with Crippen molar-refractivity contribution >= 4 is 29.4 Å². The van der Waals surface area contributed by atoms with Crippen LogP contribution in [0, 0.1) is 17.7 Å². The number of likely N-dealkylation sites (tertiary alicyclic amines) is 1. The molecule has 1 heterocycles. The van der Waals surface area contributed by atoms with Gasteiger partial charge >= 0.3 is 5.97 Å². The van der Waals surface area contributed by atoms with Gasteiger partial charge in [-0.1, -0.05) is 24.3 Å². The van der Waals surface area contributed by atoms with Crippen molar-refractivity contribution in [2.24, 2.45) is 11.8 Å². The van der Waals surface area contributed by atoms with E-state index in [2.05, 4.69) is 5.32 Å². The number of fused-ring (bicyclic) bond motifs is 1. The fourth-order valence-corrected chi connectivity index (χ4v) is 3.26. The molecule has 1 N–H and O–H groups in total. The molecule has 2 aliphatic rings. The molecule has 0 saturated carbocycles. The summed E-state index contributed by atoms with van der Waals surface area (Å²) in [4.78, 5) is 49.2. The zero-order valence-electron chi connectivity index (χ0n) is 14.5. The summed E-state index contributed by atoms with van der Waals surface area (Å²) >= 11 is 0. The van der Waals surface area contributed by atoms with Crippen molar-refractivity contribution in [3.05, 3.63) is 42.2 Å². The van der Waals surface area contributed by atoms with Crippen LogP contribution >= 0.6 is 0 Å². The molecule has 0 radical (unpaired) electrons. The number of carbonyl (C=O) groups excluding carboxylic acids is 4. The van der Waals surface area contributed by atoms with E-state index in [0.29, 0.717) is 12.8 Å². The molecule has 1 fully saturated rings. The number of benzene rings is 1. The van der Waals surface area contributed by atoms with Crippen LogP contribution in [0.4, 0.5) is 10.1 Å². The van der Waals surface area contributed by atoms with Crippen molar-refractivity contribution in [3.63, 3.8) is 0 Å². The Morgan fingerprint density at radius 1 is 1.11 bits per heavy atom. The Labute approximate surface area is 155 Å². The fourth-order valence-electron chi connectivity index (χ4n) is 3.26. The van der Waals surface area contributed by atoms with Gasteiger partial charge in [-0.05, 0) is 25.0 Å². The molecule has 2 atom stereocenters. The Morgan fingerprint density at radius 3 is 2.37 bits per heavy atom. The molecule has 3 amide bonds. The van der Waals surface area contributed by atoms with Crippen molar-refractivity contribution in [1.29, 1.82) is 0 Å². The number of imide groups is 1. The number of rotatable bonds is 6. The predicted molar refractivity (Wildman–Crippen MR) is 92.7 cm³/mol. The molecule has 7 nitrogen and oxygen atoms in total. The molecule has 8 heteroatoms. The zero-order valence-corrected chi connectivity index (χ0v) is 14.5. The fraction of sp³-hybridized carbons (Fsp3) is 0.368. The summed E-state index contributed by atoms with van der Waals surface area (Å²) in [5.41, 5.74) is -0.0111. The number of nitrogens with zero attached hydrogens (tertiary/aromatic N) is 1. The van der Waals surface area contributed by atoms with Crippen LogP contribution in [0.3, 0.4) is 0 Å². The van der Waals surface area contributed by atoms with E-state index in [9.17, 15) is 23.6 Å². The molecule has 27 heavy (non-hydrogen) atoms. The molecule has 0 aromatic heterocycles. The molecular weight excluding hydrogens is 355 g/mol. The highest BCUT2D eigenvalue weighted by Gasteiger charge is 2.46. The lowest BCUT2D eigenvalue weighted by atomic mass is 9.85. The van der Waals surface area contributed by atoms with E-state index in [1.54, 1.807) is 6.07 Å². The van der Waals surface area contributed by atoms with Gasteiger partial charge in [0.2, 0.25) is 11.8 Å². The van der Waals surface area contributed by atoms with E-state index in [1.165, 1.54) is 18.2 Å². The number of hydrogen-bond acceptors (Lipinski definition) is 5. The van der Waals surface area contributed by atoms with Crippen molar-refractivity contribution < 1.29 is 28.3 Å². The Balaban J connectivity index is 1.43. The number of amides is 3. The molecule has 0 unspecified atom stereocenters. The van der Waals surface area contributed by atoms with Crippen LogP contribution in [0.2, 0.25) is 0 Å². The van der Waals surface area contributed by atoms with Crippen LogP contribution in [0.1, 0.15) is 19.3 Å². The number of esters is 1. The molecule has 0 spiro atoms. The van der Waals surface area contributed by atoms with Crippen LogP contribution in [0.15, 0.2) is 36.4 Å². The highest BCUT2D eigenvalue weighted by molar-refractivity contribution is 6.05. The van der Waals surface area contributed by atoms with E-state index in [-0.39, 0.29) is 42.3 Å². The maximum absolute atomic E-state index is 13.4. The van der Waals surface area contributed by atoms with E-state index in [1.807, 2.05) is 12.2 Å². The minimum atomic E-state index is -0.715. The molecule has 142 valence electrons. The molecule has 0 bridgehead atoms. The van der Waals surface area contributed by atoms with Crippen molar-refractivity contribution in [1.82, 2.24) is 4.90 Å². The van der Waals surface area contributed by atoms with Crippen molar-refractivity contribution in [3.8, 4) is 0 Å². The summed E-state index contributed by atoms with van der Waals surface area (Å²) in [5, 5.41) is 2.29. The summed E-state index contributed by atoms with van der Waals surface area (Å²) in [5.74, 6) is -3.21. The first-order chi connectivity index (χ1) is 13.0. The van der Waals surface area contributed by atoms with Crippen LogP contribution in [0.25, 0.3) is 0 Å². The third kappa shape index (κ3) is 4.21. The van der Waals surface area contributed by atoms with Gasteiger partial charge in [-0.15, -0.1) is 0 Å². The number of hydrogen-bond donors (Lipinski definition) is 1. The summed E-state index contributed by atoms with van der Waals surface area (Å²) in [6.45, 7) is -0.650. The maximum atomic E-state index is 13.4. The van der Waals surface area contributed by atoms with Crippen LogP contribution in [-0.4, -0.2) is 41.7 Å². The van der Waals surface area contributed by atoms with Gasteiger partial charge < -0.3 is 10.1 Å². The van der Waals surface area contributed by atoms with Gasteiger partial charge in [-0.3, -0.25) is 24.1 Å². The van der Waals surface area contributed by atoms with Crippen LogP contribution < -0.4 is 5.32 Å². The Kier molecular flexibility index (Phi) is 5.63. The Bertz CT molecular complexity index is 781. The lowest BCUT2D eigenvalue weighted by Gasteiger charge is -2.14. The Hall–Kier alpha value is -3.03. The summed E-state index contributed by atoms with van der Waals surface area (Å²) in [6, 6.07) is 5.62. The summed E-state index contributed by atoms with van der Waals surface area (Å²) in [6.07, 6.45) is 4.65. The van der Waals surface area contributed by atoms with Gasteiger partial charge in [-0.25, -0.2) is 4.39 Å². The number of para-hydroxylation sites is 1. The lowest BCUT2D eigenvalue weighted by Crippen LogP contribution is -2.33.